The van der Waals surface area contributed by atoms with Gasteiger partial charge in [0, 0.05) is 42.8 Å². The summed E-state index contributed by atoms with van der Waals surface area (Å²) >= 11 is 0. The second-order valence-corrected chi connectivity index (χ2v) is 5.57. The number of anilines is 1. The van der Waals surface area contributed by atoms with Crippen LogP contribution in [0.25, 0.3) is 0 Å². The Hall–Kier alpha value is -2.64. The molecule has 1 atom stereocenters. The SMILES string of the molecule is COc1ccc(NC(=O)C2CNCCO2)cc1OCc1cccnc1. The summed E-state index contributed by atoms with van der Waals surface area (Å²) in [6.07, 6.45) is 2.96. The Labute approximate surface area is 146 Å². The molecule has 0 spiro atoms. The third kappa shape index (κ3) is 4.68. The highest BCUT2D eigenvalue weighted by molar-refractivity contribution is 5.94. The molecule has 0 saturated carbocycles. The average Bonchev–Trinajstić information content (AvgIpc) is 2.68. The standard InChI is InChI=1S/C18H21N3O4/c1-23-15-5-4-14(21-18(22)17-11-20-7-8-24-17)9-16(15)25-12-13-3-2-6-19-10-13/h2-6,9-10,17,20H,7-8,11-12H2,1H3,(H,21,22). The van der Waals surface area contributed by atoms with Gasteiger partial charge in [0.1, 0.15) is 12.7 Å². The Morgan fingerprint density at radius 3 is 3.04 bits per heavy atom. The molecule has 25 heavy (non-hydrogen) atoms. The summed E-state index contributed by atoms with van der Waals surface area (Å²) in [7, 11) is 1.58. The van der Waals surface area contributed by atoms with Crippen LogP contribution in [0.3, 0.4) is 0 Å². The molecule has 3 rings (SSSR count). The van der Waals surface area contributed by atoms with Crippen LogP contribution in [0.4, 0.5) is 5.69 Å². The van der Waals surface area contributed by atoms with Gasteiger partial charge in [0.15, 0.2) is 11.5 Å². The van der Waals surface area contributed by atoms with Crippen molar-refractivity contribution in [1.82, 2.24) is 10.3 Å². The highest BCUT2D eigenvalue weighted by atomic mass is 16.5. The first-order valence-electron chi connectivity index (χ1n) is 8.09. The quantitative estimate of drug-likeness (QED) is 0.829. The molecule has 132 valence electrons. The predicted molar refractivity (Wildman–Crippen MR) is 92.8 cm³/mol. The summed E-state index contributed by atoms with van der Waals surface area (Å²) in [5.74, 6) is 0.958. The zero-order valence-corrected chi connectivity index (χ0v) is 14.0. The first-order chi connectivity index (χ1) is 12.3. The van der Waals surface area contributed by atoms with Gasteiger partial charge in [0.25, 0.3) is 5.91 Å². The lowest BCUT2D eigenvalue weighted by molar-refractivity contribution is -0.128. The maximum Gasteiger partial charge on any atom is 0.254 e. The number of hydrogen-bond acceptors (Lipinski definition) is 6. The lowest BCUT2D eigenvalue weighted by Crippen LogP contribution is -2.45. The number of pyridine rings is 1. The highest BCUT2D eigenvalue weighted by Crippen LogP contribution is 2.31. The molecule has 7 nitrogen and oxygen atoms in total. The minimum Gasteiger partial charge on any atom is -0.493 e. The van der Waals surface area contributed by atoms with E-state index in [4.69, 9.17) is 14.2 Å². The molecule has 1 amide bonds. The van der Waals surface area contributed by atoms with Crippen LogP contribution >= 0.6 is 0 Å². The lowest BCUT2D eigenvalue weighted by atomic mass is 10.2. The molecule has 7 heteroatoms. The van der Waals surface area contributed by atoms with Crippen LogP contribution in [0.5, 0.6) is 11.5 Å². The molecule has 1 aliphatic rings. The van der Waals surface area contributed by atoms with Crippen LogP contribution in [0.1, 0.15) is 5.56 Å². The number of aromatic nitrogens is 1. The van der Waals surface area contributed by atoms with Crippen LogP contribution in [0.2, 0.25) is 0 Å². The third-order valence-corrected chi connectivity index (χ3v) is 3.77. The molecular formula is C18H21N3O4. The number of nitrogens with one attached hydrogen (secondary N) is 2. The maximum atomic E-state index is 12.3. The van der Waals surface area contributed by atoms with Crippen molar-refractivity contribution in [1.29, 1.82) is 0 Å². The molecule has 2 aromatic rings. The van der Waals surface area contributed by atoms with E-state index in [-0.39, 0.29) is 5.91 Å². The van der Waals surface area contributed by atoms with Crippen molar-refractivity contribution >= 4 is 11.6 Å². The maximum absolute atomic E-state index is 12.3. The van der Waals surface area contributed by atoms with Gasteiger partial charge in [0.05, 0.1) is 13.7 Å². The number of amides is 1. The largest absolute Gasteiger partial charge is 0.493 e. The van der Waals surface area contributed by atoms with Gasteiger partial charge in [0.2, 0.25) is 0 Å². The number of carbonyl (C=O) groups is 1. The van der Waals surface area contributed by atoms with Gasteiger partial charge in [-0.25, -0.2) is 0 Å². The van der Waals surface area contributed by atoms with Crippen molar-refractivity contribution in [2.75, 3.05) is 32.1 Å². The van der Waals surface area contributed by atoms with Crippen LogP contribution in [0.15, 0.2) is 42.7 Å². The molecule has 1 fully saturated rings. The van der Waals surface area contributed by atoms with Crippen molar-refractivity contribution in [2.45, 2.75) is 12.7 Å². The van der Waals surface area contributed by atoms with Crippen LogP contribution in [0, 0.1) is 0 Å². The second kappa shape index (κ2) is 8.46. The third-order valence-electron chi connectivity index (χ3n) is 3.77. The Morgan fingerprint density at radius 2 is 2.32 bits per heavy atom. The smallest absolute Gasteiger partial charge is 0.254 e. The van der Waals surface area contributed by atoms with Crippen molar-refractivity contribution in [2.24, 2.45) is 0 Å². The summed E-state index contributed by atoms with van der Waals surface area (Å²) < 4.78 is 16.6. The van der Waals surface area contributed by atoms with E-state index in [0.29, 0.717) is 36.9 Å². The molecular weight excluding hydrogens is 322 g/mol. The average molecular weight is 343 g/mol. The second-order valence-electron chi connectivity index (χ2n) is 5.57. The molecule has 1 aliphatic heterocycles. The number of methoxy groups -OCH3 is 1. The normalized spacial score (nSPS) is 16.9. The first-order valence-corrected chi connectivity index (χ1v) is 8.09. The van der Waals surface area contributed by atoms with Crippen molar-refractivity contribution in [3.8, 4) is 11.5 Å². The monoisotopic (exact) mass is 343 g/mol. The fraction of sp³-hybridized carbons (Fsp3) is 0.333. The summed E-state index contributed by atoms with van der Waals surface area (Å²) in [5.41, 5.74) is 1.57. The zero-order chi connectivity index (χ0) is 17.5. The van der Waals surface area contributed by atoms with Gasteiger partial charge < -0.3 is 24.8 Å². The number of benzene rings is 1. The van der Waals surface area contributed by atoms with Crippen LogP contribution in [-0.2, 0) is 16.1 Å². The Balaban J connectivity index is 1.67. The molecule has 1 unspecified atom stereocenters. The Kier molecular flexibility index (Phi) is 5.81. The first kappa shape index (κ1) is 17.2. The molecule has 1 aromatic carbocycles. The van der Waals surface area contributed by atoms with Crippen LogP contribution < -0.4 is 20.1 Å². The summed E-state index contributed by atoms with van der Waals surface area (Å²) in [4.78, 5) is 16.3. The fourth-order valence-electron chi connectivity index (χ4n) is 2.47. The summed E-state index contributed by atoms with van der Waals surface area (Å²) in [5, 5.41) is 5.98. The van der Waals surface area contributed by atoms with E-state index in [0.717, 1.165) is 12.1 Å². The number of nitrogens with zero attached hydrogens (tertiary/aromatic N) is 1. The topological polar surface area (TPSA) is 81.7 Å². The van der Waals surface area contributed by atoms with E-state index in [1.165, 1.54) is 0 Å². The molecule has 0 bridgehead atoms. The van der Waals surface area contributed by atoms with Crippen molar-refractivity contribution < 1.29 is 19.0 Å². The van der Waals surface area contributed by atoms with Gasteiger partial charge in [-0.05, 0) is 18.2 Å². The lowest BCUT2D eigenvalue weighted by Gasteiger charge is -2.23. The van der Waals surface area contributed by atoms with E-state index in [1.54, 1.807) is 37.7 Å². The number of rotatable bonds is 6. The molecule has 1 saturated heterocycles. The number of morpholine rings is 1. The van der Waals surface area contributed by atoms with E-state index < -0.39 is 6.10 Å². The van der Waals surface area contributed by atoms with Gasteiger partial charge in [-0.3, -0.25) is 9.78 Å². The van der Waals surface area contributed by atoms with Crippen molar-refractivity contribution in [3.05, 3.63) is 48.3 Å². The Bertz CT molecular complexity index is 703. The van der Waals surface area contributed by atoms with Crippen molar-refractivity contribution in [3.63, 3.8) is 0 Å². The van der Waals surface area contributed by atoms with Crippen LogP contribution in [-0.4, -0.2) is 43.8 Å². The van der Waals surface area contributed by atoms with E-state index in [9.17, 15) is 4.79 Å². The predicted octanol–water partition coefficient (Wildman–Crippen LogP) is 1.60. The van der Waals surface area contributed by atoms with Gasteiger partial charge in [-0.1, -0.05) is 6.07 Å². The fourth-order valence-corrected chi connectivity index (χ4v) is 2.47. The van der Waals surface area contributed by atoms with E-state index in [2.05, 4.69) is 15.6 Å². The molecule has 0 aliphatic carbocycles. The minimum absolute atomic E-state index is 0.185. The number of carbonyl (C=O) groups excluding carboxylic acids is 1. The van der Waals surface area contributed by atoms with E-state index >= 15 is 0 Å². The van der Waals surface area contributed by atoms with E-state index in [1.807, 2.05) is 12.1 Å². The van der Waals surface area contributed by atoms with Gasteiger partial charge >= 0.3 is 0 Å². The molecule has 2 heterocycles. The summed E-state index contributed by atoms with van der Waals surface area (Å²) in [6, 6.07) is 9.05. The highest BCUT2D eigenvalue weighted by Gasteiger charge is 2.22. The number of ether oxygens (including phenoxy) is 3. The molecule has 2 N–H and O–H groups in total. The zero-order valence-electron chi connectivity index (χ0n) is 14.0. The Morgan fingerprint density at radius 1 is 1.40 bits per heavy atom. The van der Waals surface area contributed by atoms with Gasteiger partial charge in [-0.2, -0.15) is 0 Å². The molecule has 1 aromatic heterocycles. The number of hydrogen-bond donors (Lipinski definition) is 2. The minimum atomic E-state index is -0.490. The molecule has 0 radical (unpaired) electrons. The summed E-state index contributed by atoms with van der Waals surface area (Å²) in [6.45, 7) is 2.16. The van der Waals surface area contributed by atoms with Gasteiger partial charge in [-0.15, -0.1) is 0 Å².